The minimum Gasteiger partial charge on any atom is -0.321 e. The molecule has 5 rings (SSSR count). The fourth-order valence-electron chi connectivity index (χ4n) is 4.04. The van der Waals surface area contributed by atoms with E-state index < -0.39 is 0 Å². The van der Waals surface area contributed by atoms with Crippen LogP contribution in [0.3, 0.4) is 0 Å². The third-order valence-corrected chi connectivity index (χ3v) is 7.86. The lowest BCUT2D eigenvalue weighted by Crippen LogP contribution is -2.17. The predicted octanol–water partition coefficient (Wildman–Crippen LogP) is 5.49. The minimum atomic E-state index is -0.135. The number of para-hydroxylation sites is 1. The van der Waals surface area contributed by atoms with Crippen LogP contribution in [-0.2, 0) is 18.6 Å². The number of nitrogens with one attached hydrogen (secondary N) is 1. The molecule has 0 aliphatic heterocycles. The van der Waals surface area contributed by atoms with Crippen molar-refractivity contribution in [1.82, 2.24) is 9.38 Å². The highest BCUT2D eigenvalue weighted by molar-refractivity contribution is 7.98. The normalized spacial score (nSPS) is 13.2. The first-order valence-corrected chi connectivity index (χ1v) is 12.5. The molecule has 0 unspecified atom stereocenters. The first-order chi connectivity index (χ1) is 15.6. The van der Waals surface area contributed by atoms with Crippen LogP contribution in [0.2, 0.25) is 0 Å². The highest BCUT2D eigenvalue weighted by Crippen LogP contribution is 2.31. The van der Waals surface area contributed by atoms with E-state index in [2.05, 4.69) is 5.32 Å². The number of thiazole rings is 1. The van der Waals surface area contributed by atoms with Crippen LogP contribution >= 0.6 is 23.1 Å². The van der Waals surface area contributed by atoms with Crippen molar-refractivity contribution in [2.45, 2.75) is 43.3 Å². The summed E-state index contributed by atoms with van der Waals surface area (Å²) in [6.07, 6.45) is 4.32. The van der Waals surface area contributed by atoms with Crippen molar-refractivity contribution >= 4 is 39.7 Å². The van der Waals surface area contributed by atoms with Crippen molar-refractivity contribution in [3.05, 3.63) is 92.3 Å². The molecule has 2 aromatic carbocycles. The molecule has 7 heteroatoms. The predicted molar refractivity (Wildman–Crippen MR) is 131 cm³/mol. The number of nitrogens with zero attached hydrogens (tertiary/aromatic N) is 2. The molecule has 1 aliphatic carbocycles. The van der Waals surface area contributed by atoms with Gasteiger partial charge in [-0.3, -0.25) is 14.0 Å². The van der Waals surface area contributed by atoms with Gasteiger partial charge in [0, 0.05) is 32.8 Å². The molecule has 0 atom stereocenters. The van der Waals surface area contributed by atoms with Crippen molar-refractivity contribution in [1.29, 1.82) is 0 Å². The molecule has 5 nitrogen and oxygen atoms in total. The molecular formula is C25H23N3O2S2. The second kappa shape index (κ2) is 8.92. The highest BCUT2D eigenvalue weighted by atomic mass is 32.2. The molecule has 1 N–H and O–H groups in total. The summed E-state index contributed by atoms with van der Waals surface area (Å²) in [4.78, 5) is 33.3. The summed E-state index contributed by atoms with van der Waals surface area (Å²) in [6, 6.07) is 16.9. The Morgan fingerprint density at radius 3 is 2.84 bits per heavy atom. The van der Waals surface area contributed by atoms with E-state index in [1.54, 1.807) is 33.6 Å². The lowest BCUT2D eigenvalue weighted by molar-refractivity contribution is 0.102. The topological polar surface area (TPSA) is 63.5 Å². The number of benzene rings is 2. The van der Waals surface area contributed by atoms with Gasteiger partial charge in [-0.05, 0) is 56.9 Å². The standard InChI is InChI=1S/C25H23N3O2S2/c1-16-7-6-8-17(13-16)24(30)27-19-9-2-4-11-21(19)31-15-18-14-23(29)28-20-10-3-5-12-22(20)32-25(28)26-18/h2,4,6-9,11,13-14H,3,5,10,12,15H2,1H3,(H,27,30). The number of carbonyl (C=O) groups is 1. The van der Waals surface area contributed by atoms with E-state index >= 15 is 0 Å². The Morgan fingerprint density at radius 2 is 1.97 bits per heavy atom. The zero-order valence-corrected chi connectivity index (χ0v) is 19.4. The van der Waals surface area contributed by atoms with Gasteiger partial charge in [-0.15, -0.1) is 23.1 Å². The Bertz CT molecular complexity index is 1370. The van der Waals surface area contributed by atoms with E-state index in [9.17, 15) is 9.59 Å². The molecule has 1 amide bonds. The van der Waals surface area contributed by atoms with Crippen molar-refractivity contribution in [3.63, 3.8) is 0 Å². The molecule has 2 heterocycles. The molecule has 1 aliphatic rings. The Kier molecular flexibility index (Phi) is 5.85. The lowest BCUT2D eigenvalue weighted by atomic mass is 10.0. The van der Waals surface area contributed by atoms with Gasteiger partial charge in [0.05, 0.1) is 11.4 Å². The zero-order chi connectivity index (χ0) is 22.1. The summed E-state index contributed by atoms with van der Waals surface area (Å²) in [5.41, 5.74) is 4.35. The van der Waals surface area contributed by atoms with Crippen LogP contribution in [0.1, 0.15) is 45.0 Å². The third-order valence-electron chi connectivity index (χ3n) is 5.61. The summed E-state index contributed by atoms with van der Waals surface area (Å²) in [7, 11) is 0. The molecule has 32 heavy (non-hydrogen) atoms. The van der Waals surface area contributed by atoms with Gasteiger partial charge in [-0.25, -0.2) is 4.98 Å². The van der Waals surface area contributed by atoms with Crippen molar-refractivity contribution in [2.24, 2.45) is 0 Å². The largest absolute Gasteiger partial charge is 0.321 e. The maximum Gasteiger partial charge on any atom is 0.259 e. The Morgan fingerprint density at radius 1 is 1.12 bits per heavy atom. The lowest BCUT2D eigenvalue weighted by Gasteiger charge is -2.11. The average molecular weight is 462 g/mol. The van der Waals surface area contributed by atoms with Gasteiger partial charge in [0.1, 0.15) is 0 Å². The summed E-state index contributed by atoms with van der Waals surface area (Å²) in [5.74, 6) is 0.426. The van der Waals surface area contributed by atoms with Gasteiger partial charge < -0.3 is 5.32 Å². The highest BCUT2D eigenvalue weighted by Gasteiger charge is 2.18. The maximum atomic E-state index is 12.8. The van der Waals surface area contributed by atoms with Crippen LogP contribution in [0, 0.1) is 6.92 Å². The Hall–Kier alpha value is -2.90. The first kappa shape index (κ1) is 21.0. The van der Waals surface area contributed by atoms with Crippen LogP contribution in [0.4, 0.5) is 5.69 Å². The molecule has 4 aromatic rings. The Labute approximate surface area is 194 Å². The maximum absolute atomic E-state index is 12.8. The van der Waals surface area contributed by atoms with Crippen LogP contribution in [-0.4, -0.2) is 15.3 Å². The average Bonchev–Trinajstić information content (AvgIpc) is 3.17. The van der Waals surface area contributed by atoms with Gasteiger partial charge in [-0.2, -0.15) is 0 Å². The second-order valence-corrected chi connectivity index (χ2v) is 10.1. The molecule has 2 aromatic heterocycles. The Balaban J connectivity index is 1.36. The van der Waals surface area contributed by atoms with Crippen molar-refractivity contribution < 1.29 is 4.79 Å². The summed E-state index contributed by atoms with van der Waals surface area (Å²) >= 11 is 3.22. The zero-order valence-electron chi connectivity index (χ0n) is 17.8. The summed E-state index contributed by atoms with van der Waals surface area (Å²) in [6.45, 7) is 1.97. The van der Waals surface area contributed by atoms with E-state index in [0.29, 0.717) is 11.3 Å². The summed E-state index contributed by atoms with van der Waals surface area (Å²) < 4.78 is 1.79. The molecule has 0 saturated heterocycles. The van der Waals surface area contributed by atoms with Gasteiger partial charge in [0.2, 0.25) is 0 Å². The van der Waals surface area contributed by atoms with Crippen LogP contribution in [0.15, 0.2) is 64.3 Å². The number of hydrogen-bond acceptors (Lipinski definition) is 5. The number of amides is 1. The molecule has 162 valence electrons. The fraction of sp³-hybridized carbons (Fsp3) is 0.240. The van der Waals surface area contributed by atoms with Crippen molar-refractivity contribution in [2.75, 3.05) is 5.32 Å². The molecule has 0 fully saturated rings. The molecule has 0 bridgehead atoms. The number of rotatable bonds is 5. The van der Waals surface area contributed by atoms with Crippen LogP contribution < -0.4 is 10.9 Å². The molecule has 0 saturated carbocycles. The van der Waals surface area contributed by atoms with Crippen LogP contribution in [0.25, 0.3) is 4.96 Å². The van der Waals surface area contributed by atoms with E-state index in [0.717, 1.165) is 51.8 Å². The first-order valence-electron chi connectivity index (χ1n) is 10.7. The fourth-order valence-corrected chi connectivity index (χ4v) is 6.18. The van der Waals surface area contributed by atoms with Gasteiger partial charge in [0.25, 0.3) is 11.5 Å². The monoisotopic (exact) mass is 461 g/mol. The van der Waals surface area contributed by atoms with Crippen LogP contribution in [0.5, 0.6) is 0 Å². The summed E-state index contributed by atoms with van der Waals surface area (Å²) in [5, 5.41) is 3.02. The van der Waals surface area contributed by atoms with Gasteiger partial charge >= 0.3 is 0 Å². The van der Waals surface area contributed by atoms with Gasteiger partial charge in [-0.1, -0.05) is 29.8 Å². The van der Waals surface area contributed by atoms with E-state index in [4.69, 9.17) is 4.98 Å². The molecule has 0 spiro atoms. The smallest absolute Gasteiger partial charge is 0.259 e. The van der Waals surface area contributed by atoms with Gasteiger partial charge in [0.15, 0.2) is 4.96 Å². The molecular weight excluding hydrogens is 438 g/mol. The quantitative estimate of drug-likeness (QED) is 0.399. The number of fused-ring (bicyclic) bond motifs is 3. The second-order valence-electron chi connectivity index (χ2n) is 7.99. The van der Waals surface area contributed by atoms with E-state index in [1.165, 1.54) is 11.3 Å². The number of anilines is 1. The minimum absolute atomic E-state index is 0.00559. The SMILES string of the molecule is Cc1cccc(C(=O)Nc2ccccc2SCc2cc(=O)n3c4c(sc3n2)CCCC4)c1. The molecule has 0 radical (unpaired) electrons. The number of carbonyl (C=O) groups excluding carboxylic acids is 1. The van der Waals surface area contributed by atoms with E-state index in [-0.39, 0.29) is 11.5 Å². The number of aryl methyl sites for hydroxylation is 3. The van der Waals surface area contributed by atoms with E-state index in [1.807, 2.05) is 55.5 Å². The third kappa shape index (κ3) is 4.23. The number of thioether (sulfide) groups is 1. The number of aromatic nitrogens is 2. The number of hydrogen-bond donors (Lipinski definition) is 1. The van der Waals surface area contributed by atoms with Crippen molar-refractivity contribution in [3.8, 4) is 0 Å².